The van der Waals surface area contributed by atoms with Gasteiger partial charge in [-0.15, -0.1) is 0 Å². The van der Waals surface area contributed by atoms with Crippen molar-refractivity contribution in [2.45, 2.75) is 20.0 Å². The molecule has 134 valence electrons. The van der Waals surface area contributed by atoms with Crippen LogP contribution in [0, 0.1) is 0 Å². The number of carbonyl (C=O) groups is 1. The number of aromatic nitrogens is 2. The third-order valence-corrected chi connectivity index (χ3v) is 5.45. The number of anilines is 1. The molecule has 0 unspecified atom stereocenters. The van der Waals surface area contributed by atoms with E-state index in [0.717, 1.165) is 21.9 Å². The van der Waals surface area contributed by atoms with Gasteiger partial charge in [-0.05, 0) is 5.39 Å². The Morgan fingerprint density at radius 3 is 2.73 bits per heavy atom. The van der Waals surface area contributed by atoms with E-state index >= 15 is 0 Å². The first-order valence-electron chi connectivity index (χ1n) is 7.98. The summed E-state index contributed by atoms with van der Waals surface area (Å²) in [4.78, 5) is 11.8. The quantitative estimate of drug-likeness (QED) is 0.649. The van der Waals surface area contributed by atoms with Crippen LogP contribution in [0.5, 0.6) is 0 Å². The van der Waals surface area contributed by atoms with E-state index in [2.05, 4.69) is 15.5 Å². The second kappa shape index (κ2) is 5.90. The number of nitrogens with one attached hydrogen (secondary N) is 2. The number of amides is 1. The fourth-order valence-electron chi connectivity index (χ4n) is 3.30. The number of nitrogens with two attached hydrogens (primary N) is 1. The molecule has 1 amide bonds. The van der Waals surface area contributed by atoms with Crippen LogP contribution in [0.1, 0.15) is 18.2 Å². The average molecular weight is 371 g/mol. The molecule has 1 aliphatic rings. The van der Waals surface area contributed by atoms with Gasteiger partial charge in [0.15, 0.2) is 0 Å². The predicted molar refractivity (Wildman–Crippen MR) is 98.2 cm³/mol. The van der Waals surface area contributed by atoms with Crippen LogP contribution < -0.4 is 10.5 Å². The number of carbonyl (C=O) groups excluding carboxylic acids is 1. The van der Waals surface area contributed by atoms with Gasteiger partial charge in [0.25, 0.3) is 10.2 Å². The van der Waals surface area contributed by atoms with Gasteiger partial charge in [-0.2, -0.15) is 17.8 Å². The maximum absolute atomic E-state index is 11.8. The zero-order valence-electron chi connectivity index (χ0n) is 14.0. The molecule has 0 spiro atoms. The Morgan fingerprint density at radius 1 is 1.23 bits per heavy atom. The van der Waals surface area contributed by atoms with Crippen LogP contribution in [0.15, 0.2) is 36.4 Å². The lowest BCUT2D eigenvalue weighted by molar-refractivity contribution is -0.114. The molecule has 2 aromatic carbocycles. The van der Waals surface area contributed by atoms with Crippen LogP contribution >= 0.6 is 0 Å². The first-order valence-corrected chi connectivity index (χ1v) is 9.48. The van der Waals surface area contributed by atoms with E-state index in [-0.39, 0.29) is 19.0 Å². The highest BCUT2D eigenvalue weighted by atomic mass is 32.2. The predicted octanol–water partition coefficient (Wildman–Crippen LogP) is 1.71. The summed E-state index contributed by atoms with van der Waals surface area (Å²) in [7, 11) is -3.79. The van der Waals surface area contributed by atoms with Crippen LogP contribution in [-0.2, 0) is 28.1 Å². The Labute approximate surface area is 150 Å². The maximum Gasteiger partial charge on any atom is 0.277 e. The highest BCUT2D eigenvalue weighted by Gasteiger charge is 2.32. The Morgan fingerprint density at radius 2 is 2.00 bits per heavy atom. The van der Waals surface area contributed by atoms with Crippen LogP contribution in [0.2, 0.25) is 0 Å². The van der Waals surface area contributed by atoms with Crippen molar-refractivity contribution in [1.82, 2.24) is 14.5 Å². The lowest BCUT2D eigenvalue weighted by Gasteiger charge is -2.14. The van der Waals surface area contributed by atoms with Crippen molar-refractivity contribution in [2.24, 2.45) is 5.14 Å². The van der Waals surface area contributed by atoms with E-state index in [4.69, 9.17) is 5.14 Å². The van der Waals surface area contributed by atoms with E-state index < -0.39 is 10.2 Å². The number of rotatable bonds is 3. The topological polar surface area (TPSA) is 121 Å². The van der Waals surface area contributed by atoms with Gasteiger partial charge in [-0.25, -0.2) is 5.14 Å². The van der Waals surface area contributed by atoms with Gasteiger partial charge < -0.3 is 5.32 Å². The van der Waals surface area contributed by atoms with Gasteiger partial charge in [-0.3, -0.25) is 9.89 Å². The summed E-state index contributed by atoms with van der Waals surface area (Å²) in [5, 5.41) is 17.2. The van der Waals surface area contributed by atoms with E-state index in [9.17, 15) is 13.2 Å². The van der Waals surface area contributed by atoms with Crippen molar-refractivity contribution in [3.05, 3.63) is 47.7 Å². The zero-order valence-corrected chi connectivity index (χ0v) is 14.8. The average Bonchev–Trinajstić information content (AvgIpc) is 3.15. The molecule has 0 fully saturated rings. The van der Waals surface area contributed by atoms with Gasteiger partial charge in [0.2, 0.25) is 5.91 Å². The monoisotopic (exact) mass is 371 g/mol. The SMILES string of the molecule is CC(=O)Nc1c(-c2[nH]nc3c2CN(S(N)(=O)=O)C3)ccc2ccccc12. The number of hydrogen-bond donors (Lipinski definition) is 3. The summed E-state index contributed by atoms with van der Waals surface area (Å²) >= 11 is 0. The molecule has 3 aromatic rings. The number of H-pyrrole nitrogens is 1. The first kappa shape index (κ1) is 16.7. The molecule has 4 N–H and O–H groups in total. The molecule has 26 heavy (non-hydrogen) atoms. The molecule has 1 aromatic heterocycles. The van der Waals surface area contributed by atoms with Gasteiger partial charge in [0.05, 0.1) is 23.6 Å². The number of aromatic amines is 1. The second-order valence-electron chi connectivity index (χ2n) is 6.23. The molecule has 0 radical (unpaired) electrons. The summed E-state index contributed by atoms with van der Waals surface area (Å²) in [5.41, 5.74) is 3.50. The number of benzene rings is 2. The largest absolute Gasteiger partial charge is 0.325 e. The number of fused-ring (bicyclic) bond motifs is 2. The van der Waals surface area contributed by atoms with Crippen molar-refractivity contribution in [3.8, 4) is 11.3 Å². The lowest BCUT2D eigenvalue weighted by Crippen LogP contribution is -2.32. The van der Waals surface area contributed by atoms with Crippen molar-refractivity contribution < 1.29 is 13.2 Å². The van der Waals surface area contributed by atoms with Crippen molar-refractivity contribution in [3.63, 3.8) is 0 Å². The fourth-order valence-corrected chi connectivity index (χ4v) is 3.91. The molecule has 0 atom stereocenters. The van der Waals surface area contributed by atoms with Gasteiger partial charge in [-0.1, -0.05) is 36.4 Å². The van der Waals surface area contributed by atoms with Crippen LogP contribution in [0.3, 0.4) is 0 Å². The Bertz CT molecular complexity index is 1140. The molecule has 8 nitrogen and oxygen atoms in total. The first-order chi connectivity index (χ1) is 12.3. The summed E-state index contributed by atoms with van der Waals surface area (Å²) in [5.74, 6) is -0.190. The van der Waals surface area contributed by atoms with Crippen LogP contribution in [0.25, 0.3) is 22.0 Å². The Hall–Kier alpha value is -2.75. The van der Waals surface area contributed by atoms with E-state index in [1.165, 1.54) is 11.2 Å². The summed E-state index contributed by atoms with van der Waals surface area (Å²) in [6.07, 6.45) is 0. The minimum atomic E-state index is -3.79. The minimum Gasteiger partial charge on any atom is -0.325 e. The molecule has 1 aliphatic heterocycles. The van der Waals surface area contributed by atoms with Gasteiger partial charge in [0, 0.05) is 30.0 Å². The lowest BCUT2D eigenvalue weighted by atomic mass is 9.99. The molecule has 4 rings (SSSR count). The third-order valence-electron chi connectivity index (χ3n) is 4.47. The molecule has 2 heterocycles. The smallest absolute Gasteiger partial charge is 0.277 e. The molecule has 0 bridgehead atoms. The summed E-state index contributed by atoms with van der Waals surface area (Å²) in [6.45, 7) is 1.73. The van der Waals surface area contributed by atoms with Gasteiger partial charge in [0.1, 0.15) is 0 Å². The van der Waals surface area contributed by atoms with Crippen LogP contribution in [0.4, 0.5) is 5.69 Å². The standard InChI is InChI=1S/C17H17N5O3S/c1-10(23)19-16-12-5-3-2-4-11(12)6-7-13(16)17-14-8-22(26(18,24)25)9-15(14)20-21-17/h2-7H,8-9H2,1H3,(H,19,23)(H,20,21)(H2,18,24,25). The molecular weight excluding hydrogens is 354 g/mol. The van der Waals surface area contributed by atoms with Crippen molar-refractivity contribution >= 4 is 32.6 Å². The Kier molecular flexibility index (Phi) is 3.79. The molecule has 9 heteroatoms. The fraction of sp³-hybridized carbons (Fsp3) is 0.176. The number of hydrogen-bond acceptors (Lipinski definition) is 4. The second-order valence-corrected chi connectivity index (χ2v) is 7.77. The Balaban J connectivity index is 1.88. The number of nitrogens with zero attached hydrogens (tertiary/aromatic N) is 2. The molecule has 0 saturated heterocycles. The summed E-state index contributed by atoms with van der Waals surface area (Å²) in [6, 6.07) is 11.6. The van der Waals surface area contributed by atoms with Crippen LogP contribution in [-0.4, -0.2) is 28.8 Å². The van der Waals surface area contributed by atoms with E-state index in [0.29, 0.717) is 17.1 Å². The zero-order chi connectivity index (χ0) is 18.5. The van der Waals surface area contributed by atoms with E-state index in [1.54, 1.807) is 0 Å². The third kappa shape index (κ3) is 2.75. The molecular formula is C17H17N5O3S. The highest BCUT2D eigenvalue weighted by Crippen LogP contribution is 2.38. The van der Waals surface area contributed by atoms with Gasteiger partial charge >= 0.3 is 0 Å². The minimum absolute atomic E-state index is 0.133. The molecule has 0 aliphatic carbocycles. The van der Waals surface area contributed by atoms with E-state index in [1.807, 2.05) is 36.4 Å². The molecule has 0 saturated carbocycles. The summed E-state index contributed by atoms with van der Waals surface area (Å²) < 4.78 is 24.5. The highest BCUT2D eigenvalue weighted by molar-refractivity contribution is 7.86. The maximum atomic E-state index is 11.8. The van der Waals surface area contributed by atoms with Crippen molar-refractivity contribution in [2.75, 3.05) is 5.32 Å². The van der Waals surface area contributed by atoms with Crippen molar-refractivity contribution in [1.29, 1.82) is 0 Å². The normalized spacial score (nSPS) is 14.5.